The number of fused-ring (bicyclic) bond motifs is 2. The van der Waals surface area contributed by atoms with Crippen molar-refractivity contribution >= 4 is 39.4 Å². The molecule has 0 unspecified atom stereocenters. The van der Waals surface area contributed by atoms with Crippen LogP contribution in [0.2, 0.25) is 0 Å². The summed E-state index contributed by atoms with van der Waals surface area (Å²) in [6, 6.07) is 7.32. The second-order valence-electron chi connectivity index (χ2n) is 7.00. The summed E-state index contributed by atoms with van der Waals surface area (Å²) in [5, 5.41) is 7.62. The number of nitrogens with one attached hydrogen (secondary N) is 2. The smallest absolute Gasteiger partial charge is 0.229 e. The number of methoxy groups -OCH3 is 1. The summed E-state index contributed by atoms with van der Waals surface area (Å²) >= 11 is 0. The molecule has 0 radical (unpaired) electrons. The Hall–Kier alpha value is -3.68. The van der Waals surface area contributed by atoms with E-state index in [0.717, 1.165) is 34.7 Å². The van der Waals surface area contributed by atoms with Crippen molar-refractivity contribution in [2.75, 3.05) is 24.8 Å². The summed E-state index contributed by atoms with van der Waals surface area (Å²) in [5.74, 6) is 2.44. The fourth-order valence-corrected chi connectivity index (χ4v) is 3.29. The van der Waals surface area contributed by atoms with E-state index in [-0.39, 0.29) is 11.8 Å². The number of amides is 1. The largest absolute Gasteiger partial charge is 0.497 e. The van der Waals surface area contributed by atoms with Gasteiger partial charge in [-0.05, 0) is 31.0 Å². The first-order valence-electron chi connectivity index (χ1n) is 9.38. The maximum absolute atomic E-state index is 12.1. The van der Waals surface area contributed by atoms with E-state index in [9.17, 15) is 4.79 Å². The van der Waals surface area contributed by atoms with Gasteiger partial charge < -0.3 is 19.8 Å². The van der Waals surface area contributed by atoms with Gasteiger partial charge in [-0.1, -0.05) is 0 Å². The van der Waals surface area contributed by atoms with Crippen LogP contribution in [0.4, 0.5) is 11.6 Å². The summed E-state index contributed by atoms with van der Waals surface area (Å²) in [7, 11) is 3.41. The van der Waals surface area contributed by atoms with Crippen LogP contribution in [-0.4, -0.2) is 35.0 Å². The Bertz CT molecular complexity index is 1250. The van der Waals surface area contributed by atoms with Crippen molar-refractivity contribution < 1.29 is 13.9 Å². The third-order valence-electron chi connectivity index (χ3n) is 5.03. The van der Waals surface area contributed by atoms with Crippen molar-refractivity contribution in [3.05, 3.63) is 36.7 Å². The lowest BCUT2D eigenvalue weighted by Crippen LogP contribution is -2.14. The lowest BCUT2D eigenvalue weighted by molar-refractivity contribution is -0.117. The van der Waals surface area contributed by atoms with Gasteiger partial charge in [-0.2, -0.15) is 0 Å². The van der Waals surface area contributed by atoms with Gasteiger partial charge in [0.25, 0.3) is 0 Å². The highest BCUT2D eigenvalue weighted by atomic mass is 16.5. The molecule has 3 heterocycles. The molecule has 146 valence electrons. The van der Waals surface area contributed by atoms with E-state index in [1.807, 2.05) is 18.2 Å². The number of hydrogen-bond acceptors (Lipinski definition) is 7. The molecule has 4 aromatic rings. The van der Waals surface area contributed by atoms with E-state index in [2.05, 4.69) is 25.6 Å². The topological polar surface area (TPSA) is 102 Å². The number of benzene rings is 1. The molecule has 0 bridgehead atoms. The normalized spacial score (nSPS) is 13.6. The van der Waals surface area contributed by atoms with E-state index in [1.54, 1.807) is 32.6 Å². The summed E-state index contributed by atoms with van der Waals surface area (Å²) in [5.41, 5.74) is 2.07. The molecular formula is C21H19N5O3. The number of pyridine rings is 2. The Morgan fingerprint density at radius 3 is 2.79 bits per heavy atom. The molecule has 0 atom stereocenters. The third-order valence-corrected chi connectivity index (χ3v) is 5.03. The van der Waals surface area contributed by atoms with Gasteiger partial charge in [-0.15, -0.1) is 0 Å². The number of aromatic nitrogens is 3. The molecule has 1 aliphatic carbocycles. The SMILES string of the molecule is CNc1ncc(-c2nc3ccc(OC)cc3o2)c2cc(NC(=O)C3CC3)ncc12. The minimum absolute atomic E-state index is 0.00949. The van der Waals surface area contributed by atoms with Crippen LogP contribution in [0.15, 0.2) is 41.1 Å². The third kappa shape index (κ3) is 3.12. The Morgan fingerprint density at radius 1 is 1.17 bits per heavy atom. The van der Waals surface area contributed by atoms with Gasteiger partial charge in [0.1, 0.15) is 22.9 Å². The second kappa shape index (κ2) is 6.73. The number of nitrogens with zero attached hydrogens (tertiary/aromatic N) is 3. The molecule has 2 N–H and O–H groups in total. The molecule has 1 aliphatic rings. The van der Waals surface area contributed by atoms with Crippen LogP contribution in [-0.2, 0) is 4.79 Å². The molecule has 8 heteroatoms. The molecule has 0 saturated heterocycles. The minimum atomic E-state index is 0.00949. The lowest BCUT2D eigenvalue weighted by atomic mass is 10.1. The Morgan fingerprint density at radius 2 is 2.03 bits per heavy atom. The van der Waals surface area contributed by atoms with Crippen molar-refractivity contribution in [3.8, 4) is 17.2 Å². The maximum atomic E-state index is 12.1. The highest BCUT2D eigenvalue weighted by Gasteiger charge is 2.30. The first-order chi connectivity index (χ1) is 14.2. The lowest BCUT2D eigenvalue weighted by Gasteiger charge is -2.10. The zero-order chi connectivity index (χ0) is 20.0. The molecule has 0 aliphatic heterocycles. The van der Waals surface area contributed by atoms with Crippen LogP contribution in [0.3, 0.4) is 0 Å². The van der Waals surface area contributed by atoms with E-state index in [0.29, 0.717) is 28.9 Å². The van der Waals surface area contributed by atoms with Crippen LogP contribution >= 0.6 is 0 Å². The van der Waals surface area contributed by atoms with E-state index in [4.69, 9.17) is 9.15 Å². The Labute approximate surface area is 166 Å². The Kier molecular flexibility index (Phi) is 4.04. The average Bonchev–Trinajstić information content (AvgIpc) is 3.51. The fraction of sp³-hybridized carbons (Fsp3) is 0.238. The number of oxazole rings is 1. The molecule has 5 rings (SSSR count). The van der Waals surface area contributed by atoms with Gasteiger partial charge in [0, 0.05) is 42.2 Å². The first-order valence-corrected chi connectivity index (χ1v) is 9.38. The van der Waals surface area contributed by atoms with Gasteiger partial charge >= 0.3 is 0 Å². The quantitative estimate of drug-likeness (QED) is 0.535. The molecule has 1 saturated carbocycles. The van der Waals surface area contributed by atoms with E-state index in [1.165, 1.54) is 0 Å². The number of carbonyl (C=O) groups is 1. The first kappa shape index (κ1) is 17.4. The van der Waals surface area contributed by atoms with Crippen LogP contribution in [0.25, 0.3) is 33.3 Å². The standard InChI is InChI=1S/C21H19N5O3/c1-22-19-14-9-23-18(26-20(27)11-3-4-11)8-13(14)15(10-24-19)21-25-16-6-5-12(28-2)7-17(16)29-21/h5-11H,3-4H2,1-2H3,(H,22,24)(H,23,26,27). The van der Waals surface area contributed by atoms with Crippen LogP contribution in [0, 0.1) is 5.92 Å². The molecule has 1 fully saturated rings. The number of anilines is 2. The summed E-state index contributed by atoms with van der Waals surface area (Å²) in [6.07, 6.45) is 5.28. The molecule has 29 heavy (non-hydrogen) atoms. The monoisotopic (exact) mass is 389 g/mol. The predicted octanol–water partition coefficient (Wildman–Crippen LogP) is 3.84. The summed E-state index contributed by atoms with van der Waals surface area (Å²) < 4.78 is 11.2. The molecule has 8 nitrogen and oxygen atoms in total. The summed E-state index contributed by atoms with van der Waals surface area (Å²) in [4.78, 5) is 25.6. The van der Waals surface area contributed by atoms with Gasteiger partial charge in [-0.25, -0.2) is 15.0 Å². The summed E-state index contributed by atoms with van der Waals surface area (Å²) in [6.45, 7) is 0. The fourth-order valence-electron chi connectivity index (χ4n) is 3.29. The van der Waals surface area contributed by atoms with Crippen LogP contribution < -0.4 is 15.4 Å². The highest BCUT2D eigenvalue weighted by molar-refractivity contribution is 6.03. The number of carbonyl (C=O) groups excluding carboxylic acids is 1. The van der Waals surface area contributed by atoms with Crippen LogP contribution in [0.1, 0.15) is 12.8 Å². The number of ether oxygens (including phenoxy) is 1. The average molecular weight is 389 g/mol. The van der Waals surface area contributed by atoms with Gasteiger partial charge in [0.2, 0.25) is 11.8 Å². The zero-order valence-electron chi connectivity index (χ0n) is 16.0. The van der Waals surface area contributed by atoms with Crippen molar-refractivity contribution in [1.82, 2.24) is 15.0 Å². The van der Waals surface area contributed by atoms with Gasteiger partial charge in [0.15, 0.2) is 5.58 Å². The molecule has 0 spiro atoms. The Balaban J connectivity index is 1.64. The molecular weight excluding hydrogens is 370 g/mol. The number of hydrogen-bond donors (Lipinski definition) is 2. The minimum Gasteiger partial charge on any atom is -0.497 e. The highest BCUT2D eigenvalue weighted by Crippen LogP contribution is 2.35. The van der Waals surface area contributed by atoms with Gasteiger partial charge in [-0.3, -0.25) is 4.79 Å². The molecule has 1 amide bonds. The van der Waals surface area contributed by atoms with E-state index < -0.39 is 0 Å². The van der Waals surface area contributed by atoms with Crippen molar-refractivity contribution in [2.24, 2.45) is 5.92 Å². The molecule has 3 aromatic heterocycles. The zero-order valence-corrected chi connectivity index (χ0v) is 16.0. The van der Waals surface area contributed by atoms with E-state index >= 15 is 0 Å². The van der Waals surface area contributed by atoms with Gasteiger partial charge in [0.05, 0.1) is 12.7 Å². The maximum Gasteiger partial charge on any atom is 0.229 e. The number of rotatable bonds is 5. The molecule has 1 aromatic carbocycles. The predicted molar refractivity (Wildman–Crippen MR) is 110 cm³/mol. The van der Waals surface area contributed by atoms with Crippen molar-refractivity contribution in [2.45, 2.75) is 12.8 Å². The van der Waals surface area contributed by atoms with Crippen LogP contribution in [0.5, 0.6) is 5.75 Å². The van der Waals surface area contributed by atoms with Crippen molar-refractivity contribution in [3.63, 3.8) is 0 Å². The van der Waals surface area contributed by atoms with Crippen molar-refractivity contribution in [1.29, 1.82) is 0 Å². The second-order valence-corrected chi connectivity index (χ2v) is 7.00.